The highest BCUT2D eigenvalue weighted by atomic mass is 32.1. The minimum atomic E-state index is -0.554. The number of nitrogens with one attached hydrogen (secondary N) is 1. The van der Waals surface area contributed by atoms with Crippen molar-refractivity contribution >= 4 is 44.7 Å². The van der Waals surface area contributed by atoms with Gasteiger partial charge in [-0.15, -0.1) is 11.3 Å². The Hall–Kier alpha value is -4.08. The van der Waals surface area contributed by atoms with E-state index >= 15 is 0 Å². The van der Waals surface area contributed by atoms with Gasteiger partial charge in [0.25, 0.3) is 11.5 Å². The van der Waals surface area contributed by atoms with Gasteiger partial charge >= 0.3 is 0 Å². The molecule has 0 fully saturated rings. The fourth-order valence-corrected chi connectivity index (χ4v) is 4.39. The Kier molecular flexibility index (Phi) is 6.67. The number of hydrogen-bond acceptors (Lipinski definition) is 10. The second-order valence-corrected chi connectivity index (χ2v) is 9.40. The minimum Gasteiger partial charge on any atom is -0.493 e. The normalized spacial score (nSPS) is 11.3. The number of nitrogens with zero attached hydrogens (tertiary/aromatic N) is 5. The molecule has 0 spiro atoms. The van der Waals surface area contributed by atoms with E-state index in [0.717, 1.165) is 9.88 Å². The summed E-state index contributed by atoms with van der Waals surface area (Å²) in [6, 6.07) is 8.27. The van der Waals surface area contributed by atoms with E-state index in [1.807, 2.05) is 13.0 Å². The number of ether oxygens (including phenoxy) is 2. The van der Waals surface area contributed by atoms with Crippen LogP contribution in [0.25, 0.3) is 11.0 Å². The van der Waals surface area contributed by atoms with Crippen LogP contribution in [0, 0.1) is 25.2 Å². The smallest absolute Gasteiger partial charge is 0.275 e. The maximum absolute atomic E-state index is 12.4. The van der Waals surface area contributed by atoms with Crippen LogP contribution < -0.4 is 20.3 Å². The van der Waals surface area contributed by atoms with E-state index in [2.05, 4.69) is 20.4 Å². The highest BCUT2D eigenvalue weighted by Gasteiger charge is 2.13. The number of aromatic nitrogens is 4. The third kappa shape index (κ3) is 5.11. The molecule has 0 aliphatic carbocycles. The summed E-state index contributed by atoms with van der Waals surface area (Å²) < 4.78 is 12.5. The van der Waals surface area contributed by atoms with Crippen molar-refractivity contribution in [1.29, 1.82) is 5.26 Å². The highest BCUT2D eigenvalue weighted by Crippen LogP contribution is 2.30. The van der Waals surface area contributed by atoms with Crippen LogP contribution in [0.2, 0.25) is 0 Å². The molecule has 0 aliphatic rings. The fraction of sp³-hybridized carbons (Fsp3) is 0.182. The molecule has 12 heteroatoms. The molecule has 0 saturated heterocycles. The zero-order chi connectivity index (χ0) is 24.2. The van der Waals surface area contributed by atoms with Crippen LogP contribution in [0.15, 0.2) is 40.8 Å². The number of benzene rings is 1. The zero-order valence-corrected chi connectivity index (χ0v) is 20.0. The number of nitriles is 1. The third-order valence-electron chi connectivity index (χ3n) is 4.48. The molecule has 1 N–H and O–H groups in total. The zero-order valence-electron chi connectivity index (χ0n) is 18.4. The maximum atomic E-state index is 12.4. The van der Waals surface area contributed by atoms with Crippen molar-refractivity contribution in [1.82, 2.24) is 19.6 Å². The number of methoxy groups -OCH3 is 1. The first kappa shape index (κ1) is 23.1. The molecule has 10 nitrogen and oxygen atoms in total. The molecule has 172 valence electrons. The molecule has 1 amide bonds. The van der Waals surface area contributed by atoms with Gasteiger partial charge in [-0.1, -0.05) is 17.4 Å². The van der Waals surface area contributed by atoms with Crippen molar-refractivity contribution in [2.75, 3.05) is 12.4 Å². The average Bonchev–Trinajstić information content (AvgIpc) is 3.40. The van der Waals surface area contributed by atoms with E-state index in [-0.39, 0.29) is 17.7 Å². The lowest BCUT2D eigenvalue weighted by Crippen LogP contribution is -2.16. The van der Waals surface area contributed by atoms with Crippen molar-refractivity contribution in [3.63, 3.8) is 0 Å². The molecule has 0 saturated carbocycles. The molecule has 3 aromatic heterocycles. The largest absolute Gasteiger partial charge is 0.493 e. The van der Waals surface area contributed by atoms with Crippen LogP contribution in [0.5, 0.6) is 11.5 Å². The summed E-state index contributed by atoms with van der Waals surface area (Å²) in [5, 5.41) is 17.3. The quantitative estimate of drug-likeness (QED) is 0.306. The van der Waals surface area contributed by atoms with Gasteiger partial charge in [0.2, 0.25) is 4.96 Å². The van der Waals surface area contributed by atoms with Crippen LogP contribution in [0.4, 0.5) is 5.13 Å². The molecule has 0 atom stereocenters. The monoisotopic (exact) mass is 494 g/mol. The summed E-state index contributed by atoms with van der Waals surface area (Å²) in [6.07, 6.45) is 3.09. The molecular weight excluding hydrogens is 476 g/mol. The Morgan fingerprint density at radius 2 is 2.09 bits per heavy atom. The number of carbonyl (C=O) groups excluding carboxylic acids is 1. The van der Waals surface area contributed by atoms with Gasteiger partial charge in [0.15, 0.2) is 16.6 Å². The summed E-state index contributed by atoms with van der Waals surface area (Å²) in [5.41, 5.74) is 0.668. The number of fused-ring (bicyclic) bond motifs is 1. The van der Waals surface area contributed by atoms with E-state index in [9.17, 15) is 14.9 Å². The second kappa shape index (κ2) is 9.82. The summed E-state index contributed by atoms with van der Waals surface area (Å²) in [4.78, 5) is 34.6. The molecular formula is C22H18N6O4S2. The molecule has 3 heterocycles. The van der Waals surface area contributed by atoms with Crippen LogP contribution in [-0.2, 0) is 11.4 Å². The van der Waals surface area contributed by atoms with Crippen LogP contribution in [0.3, 0.4) is 0 Å². The van der Waals surface area contributed by atoms with Crippen LogP contribution in [-0.4, -0.2) is 32.6 Å². The summed E-state index contributed by atoms with van der Waals surface area (Å²) in [5.74, 6) is 0.263. The summed E-state index contributed by atoms with van der Waals surface area (Å²) in [6.45, 7) is 3.72. The van der Waals surface area contributed by atoms with Gasteiger partial charge in [-0.2, -0.15) is 14.9 Å². The molecule has 34 heavy (non-hydrogen) atoms. The van der Waals surface area contributed by atoms with E-state index < -0.39 is 5.91 Å². The second-order valence-electron chi connectivity index (χ2n) is 7.00. The lowest BCUT2D eigenvalue weighted by atomic mass is 10.1. The Labute approximate surface area is 201 Å². The van der Waals surface area contributed by atoms with Gasteiger partial charge < -0.3 is 9.47 Å². The number of carbonyl (C=O) groups is 1. The number of aryl methyl sites for hydroxylation is 2. The molecule has 0 bridgehead atoms. The molecule has 4 rings (SSSR count). The number of rotatable bonds is 7. The first-order chi connectivity index (χ1) is 16.4. The van der Waals surface area contributed by atoms with Crippen LogP contribution in [0.1, 0.15) is 21.1 Å². The fourth-order valence-electron chi connectivity index (χ4n) is 2.96. The number of thiazole rings is 1. The van der Waals surface area contributed by atoms with Gasteiger partial charge in [0.05, 0.1) is 12.8 Å². The van der Waals surface area contributed by atoms with Crippen molar-refractivity contribution in [2.45, 2.75) is 20.5 Å². The third-order valence-corrected chi connectivity index (χ3v) is 6.13. The van der Waals surface area contributed by atoms with Crippen LogP contribution >= 0.6 is 22.7 Å². The Balaban J connectivity index is 1.51. The molecule has 1 aromatic carbocycles. The van der Waals surface area contributed by atoms with Gasteiger partial charge in [-0.25, -0.2) is 9.97 Å². The minimum absolute atomic E-state index is 0.0489. The van der Waals surface area contributed by atoms with E-state index in [1.54, 1.807) is 31.3 Å². The Bertz CT molecular complexity index is 1510. The topological polar surface area (TPSA) is 132 Å². The maximum Gasteiger partial charge on any atom is 0.275 e. The predicted octanol–water partition coefficient (Wildman–Crippen LogP) is 3.36. The number of amides is 1. The lowest BCUT2D eigenvalue weighted by Gasteiger charge is -2.11. The summed E-state index contributed by atoms with van der Waals surface area (Å²) in [7, 11) is 1.48. The van der Waals surface area contributed by atoms with Gasteiger partial charge in [0.1, 0.15) is 23.3 Å². The SMILES string of the molecule is COc1cc(/C=C(/C#N)C(=O)Nc2ncc(C)s2)ccc1OCc1cc(=O)n2nc(C)sc2n1. The summed E-state index contributed by atoms with van der Waals surface area (Å²) >= 11 is 2.63. The first-order valence-electron chi connectivity index (χ1n) is 9.89. The van der Waals surface area contributed by atoms with E-state index in [0.29, 0.717) is 32.8 Å². The van der Waals surface area contributed by atoms with E-state index in [4.69, 9.17) is 9.47 Å². The van der Waals surface area contributed by atoms with Gasteiger partial charge in [-0.3, -0.25) is 14.9 Å². The standard InChI is InChI=1S/C22H18N6O4S2/c1-12-10-24-21(33-12)26-20(30)15(9-23)6-14-4-5-17(18(7-14)31-3)32-11-16-8-19(29)28-22(25-16)34-13(2)27-28/h4-8,10H,11H2,1-3H3,(H,24,26,30)/b15-6-. The van der Waals surface area contributed by atoms with Gasteiger partial charge in [0, 0.05) is 17.1 Å². The first-order valence-corrected chi connectivity index (χ1v) is 11.5. The predicted molar refractivity (Wildman–Crippen MR) is 128 cm³/mol. The number of hydrogen-bond donors (Lipinski definition) is 1. The lowest BCUT2D eigenvalue weighted by molar-refractivity contribution is -0.112. The molecule has 0 radical (unpaired) electrons. The van der Waals surface area contributed by atoms with Crippen molar-refractivity contribution in [2.24, 2.45) is 0 Å². The van der Waals surface area contributed by atoms with Gasteiger partial charge in [-0.05, 0) is 37.6 Å². The average molecular weight is 495 g/mol. The highest BCUT2D eigenvalue weighted by molar-refractivity contribution is 7.16. The Morgan fingerprint density at radius 1 is 1.26 bits per heavy atom. The Morgan fingerprint density at radius 3 is 2.79 bits per heavy atom. The van der Waals surface area contributed by atoms with Crippen molar-refractivity contribution < 1.29 is 14.3 Å². The molecule has 4 aromatic rings. The molecule has 0 aliphatic heterocycles. The van der Waals surface area contributed by atoms with E-state index in [1.165, 1.54) is 46.4 Å². The number of anilines is 1. The molecule has 0 unspecified atom stereocenters. The van der Waals surface area contributed by atoms with Crippen molar-refractivity contribution in [3.05, 3.63) is 67.5 Å². The van der Waals surface area contributed by atoms with Crippen molar-refractivity contribution in [3.8, 4) is 17.6 Å².